The van der Waals surface area contributed by atoms with Gasteiger partial charge in [-0.15, -0.1) is 12.4 Å². The summed E-state index contributed by atoms with van der Waals surface area (Å²) in [6.07, 6.45) is 2.09. The highest BCUT2D eigenvalue weighted by Gasteiger charge is 2.28. The van der Waals surface area contributed by atoms with E-state index in [4.69, 9.17) is 0 Å². The molecule has 21 heavy (non-hydrogen) atoms. The summed E-state index contributed by atoms with van der Waals surface area (Å²) in [4.78, 5) is 24.6. The predicted molar refractivity (Wildman–Crippen MR) is 81.9 cm³/mol. The lowest BCUT2D eigenvalue weighted by Gasteiger charge is -2.32. The first kappa shape index (κ1) is 17.5. The molecule has 1 atom stereocenters. The number of piperidine rings is 1. The van der Waals surface area contributed by atoms with Crippen LogP contribution in [-0.2, 0) is 7.05 Å². The van der Waals surface area contributed by atoms with E-state index in [2.05, 4.69) is 5.32 Å². The van der Waals surface area contributed by atoms with Gasteiger partial charge in [-0.2, -0.15) is 0 Å². The molecule has 118 valence electrons. The number of nitrogens with one attached hydrogen (secondary N) is 1. The zero-order valence-corrected chi connectivity index (χ0v) is 13.1. The Balaban J connectivity index is 0.00000220. The number of amides is 1. The van der Waals surface area contributed by atoms with Crippen LogP contribution in [0.4, 0.5) is 5.82 Å². The lowest BCUT2D eigenvalue weighted by atomic mass is 9.98. The van der Waals surface area contributed by atoms with Crippen molar-refractivity contribution in [3.05, 3.63) is 27.9 Å². The van der Waals surface area contributed by atoms with Crippen molar-refractivity contribution < 1.29 is 9.72 Å². The Kier molecular flexibility index (Phi) is 6.17. The van der Waals surface area contributed by atoms with Crippen LogP contribution in [0.5, 0.6) is 0 Å². The monoisotopic (exact) mass is 316 g/mol. The van der Waals surface area contributed by atoms with Gasteiger partial charge < -0.3 is 20.3 Å². The van der Waals surface area contributed by atoms with Gasteiger partial charge in [0, 0.05) is 19.2 Å². The second-order valence-electron chi connectivity index (χ2n) is 5.21. The maximum Gasteiger partial charge on any atom is 0.323 e. The van der Waals surface area contributed by atoms with E-state index >= 15 is 0 Å². The molecule has 1 aliphatic rings. The largest absolute Gasteiger partial charge is 0.358 e. The predicted octanol–water partition coefficient (Wildman–Crippen LogP) is 1.43. The van der Waals surface area contributed by atoms with E-state index in [0.29, 0.717) is 18.2 Å². The SMILES string of the molecule is CNCC1CCCN(C(=O)c2ccc([N+](=O)[O-])n2C)C1.Cl. The number of carbonyl (C=O) groups excluding carboxylic acids is 1. The second-order valence-corrected chi connectivity index (χ2v) is 5.21. The highest BCUT2D eigenvalue weighted by molar-refractivity contribution is 5.93. The molecule has 1 aromatic heterocycles. The summed E-state index contributed by atoms with van der Waals surface area (Å²) in [6.45, 7) is 2.31. The number of hydrogen-bond donors (Lipinski definition) is 1. The van der Waals surface area contributed by atoms with Gasteiger partial charge >= 0.3 is 5.82 Å². The zero-order chi connectivity index (χ0) is 14.7. The number of hydrogen-bond acceptors (Lipinski definition) is 4. The van der Waals surface area contributed by atoms with Crippen LogP contribution in [0, 0.1) is 16.0 Å². The molecule has 1 amide bonds. The fraction of sp³-hybridized carbons (Fsp3) is 0.615. The summed E-state index contributed by atoms with van der Waals surface area (Å²) >= 11 is 0. The van der Waals surface area contributed by atoms with Crippen LogP contribution in [-0.4, -0.2) is 47.0 Å². The van der Waals surface area contributed by atoms with E-state index in [-0.39, 0.29) is 24.1 Å². The van der Waals surface area contributed by atoms with Gasteiger partial charge in [0.05, 0.1) is 7.05 Å². The number of carbonyl (C=O) groups is 1. The number of nitrogens with zero attached hydrogens (tertiary/aromatic N) is 3. The molecule has 0 radical (unpaired) electrons. The number of rotatable bonds is 4. The van der Waals surface area contributed by atoms with Crippen LogP contribution in [0.2, 0.25) is 0 Å². The van der Waals surface area contributed by atoms with Crippen LogP contribution in [0.15, 0.2) is 12.1 Å². The van der Waals surface area contributed by atoms with Crippen molar-refractivity contribution in [1.82, 2.24) is 14.8 Å². The third kappa shape index (κ3) is 3.74. The molecule has 1 aromatic rings. The van der Waals surface area contributed by atoms with Gasteiger partial charge in [0.25, 0.3) is 5.91 Å². The topological polar surface area (TPSA) is 80.4 Å². The molecular formula is C13H21ClN4O3. The van der Waals surface area contributed by atoms with Crippen LogP contribution < -0.4 is 5.32 Å². The molecule has 1 saturated heterocycles. The van der Waals surface area contributed by atoms with Crippen LogP contribution >= 0.6 is 12.4 Å². The van der Waals surface area contributed by atoms with E-state index in [1.54, 1.807) is 11.9 Å². The Labute approximate surface area is 129 Å². The highest BCUT2D eigenvalue weighted by Crippen LogP contribution is 2.21. The normalized spacial score (nSPS) is 18.2. The maximum atomic E-state index is 12.5. The number of nitro groups is 1. The van der Waals surface area contributed by atoms with E-state index in [1.165, 1.54) is 16.7 Å². The fourth-order valence-electron chi connectivity index (χ4n) is 2.77. The van der Waals surface area contributed by atoms with Gasteiger partial charge in [0.15, 0.2) is 5.69 Å². The quantitative estimate of drug-likeness (QED) is 0.673. The molecule has 2 rings (SSSR count). The summed E-state index contributed by atoms with van der Waals surface area (Å²) in [5.74, 6) is 0.270. The molecule has 0 spiro atoms. The van der Waals surface area contributed by atoms with Gasteiger partial charge in [-0.1, -0.05) is 0 Å². The number of halogens is 1. The lowest BCUT2D eigenvalue weighted by Crippen LogP contribution is -2.43. The number of aromatic nitrogens is 1. The van der Waals surface area contributed by atoms with Gasteiger partial charge in [-0.05, 0) is 43.3 Å². The van der Waals surface area contributed by atoms with E-state index in [9.17, 15) is 14.9 Å². The van der Waals surface area contributed by atoms with Gasteiger partial charge in [-0.25, -0.2) is 4.57 Å². The minimum atomic E-state index is -0.475. The maximum absolute atomic E-state index is 12.5. The average Bonchev–Trinajstić information content (AvgIpc) is 2.80. The molecule has 0 aliphatic carbocycles. The van der Waals surface area contributed by atoms with E-state index in [1.807, 2.05) is 7.05 Å². The van der Waals surface area contributed by atoms with Crippen molar-refractivity contribution in [3.8, 4) is 0 Å². The molecule has 1 fully saturated rings. The minimum absolute atomic E-state index is 0. The second kappa shape index (κ2) is 7.42. The molecule has 0 bridgehead atoms. The Morgan fingerprint density at radius 1 is 1.52 bits per heavy atom. The Morgan fingerprint density at radius 3 is 2.81 bits per heavy atom. The van der Waals surface area contributed by atoms with Crippen molar-refractivity contribution in [2.24, 2.45) is 13.0 Å². The van der Waals surface area contributed by atoms with Crippen molar-refractivity contribution in [2.45, 2.75) is 12.8 Å². The molecule has 2 heterocycles. The van der Waals surface area contributed by atoms with Gasteiger partial charge in [0.2, 0.25) is 0 Å². The third-order valence-electron chi connectivity index (χ3n) is 3.80. The third-order valence-corrected chi connectivity index (χ3v) is 3.80. The number of likely N-dealkylation sites (tertiary alicyclic amines) is 1. The van der Waals surface area contributed by atoms with Crippen molar-refractivity contribution in [2.75, 3.05) is 26.7 Å². The minimum Gasteiger partial charge on any atom is -0.358 e. The van der Waals surface area contributed by atoms with Crippen molar-refractivity contribution in [3.63, 3.8) is 0 Å². The smallest absolute Gasteiger partial charge is 0.323 e. The van der Waals surface area contributed by atoms with Gasteiger partial charge in [-0.3, -0.25) is 4.79 Å². The Bertz CT molecular complexity index is 516. The highest BCUT2D eigenvalue weighted by atomic mass is 35.5. The zero-order valence-electron chi connectivity index (χ0n) is 12.2. The van der Waals surface area contributed by atoms with Gasteiger partial charge in [0.1, 0.15) is 0 Å². The molecule has 1 unspecified atom stereocenters. The Hall–Kier alpha value is -1.60. The summed E-state index contributed by atoms with van der Waals surface area (Å²) < 4.78 is 1.35. The first-order valence-corrected chi connectivity index (χ1v) is 6.78. The Morgan fingerprint density at radius 2 is 2.24 bits per heavy atom. The standard InChI is InChI=1S/C13H20N4O3.ClH/c1-14-8-10-4-3-7-16(9-10)13(18)11-5-6-12(15(11)2)17(19)20;/h5-6,10,14H,3-4,7-9H2,1-2H3;1H. The average molecular weight is 317 g/mol. The molecule has 8 heteroatoms. The van der Waals surface area contributed by atoms with Crippen molar-refractivity contribution in [1.29, 1.82) is 0 Å². The molecule has 0 saturated carbocycles. The van der Waals surface area contributed by atoms with E-state index in [0.717, 1.165) is 25.9 Å². The van der Waals surface area contributed by atoms with Crippen LogP contribution in [0.25, 0.3) is 0 Å². The summed E-state index contributed by atoms with van der Waals surface area (Å²) in [7, 11) is 3.46. The first-order chi connectivity index (χ1) is 9.54. The molecule has 1 aliphatic heterocycles. The van der Waals surface area contributed by atoms with Crippen molar-refractivity contribution >= 4 is 24.1 Å². The summed E-state index contributed by atoms with van der Waals surface area (Å²) in [6, 6.07) is 2.91. The molecular weight excluding hydrogens is 296 g/mol. The fourth-order valence-corrected chi connectivity index (χ4v) is 2.77. The molecule has 1 N–H and O–H groups in total. The van der Waals surface area contributed by atoms with E-state index < -0.39 is 4.92 Å². The first-order valence-electron chi connectivity index (χ1n) is 6.78. The summed E-state index contributed by atoms with van der Waals surface area (Å²) in [5.41, 5.74) is 0.377. The lowest BCUT2D eigenvalue weighted by molar-refractivity contribution is -0.391. The van der Waals surface area contributed by atoms with Crippen LogP contribution in [0.1, 0.15) is 23.3 Å². The summed E-state index contributed by atoms with van der Waals surface area (Å²) in [5, 5.41) is 14.0. The molecule has 0 aromatic carbocycles. The van der Waals surface area contributed by atoms with Crippen LogP contribution in [0.3, 0.4) is 0 Å². The molecule has 7 nitrogen and oxygen atoms in total.